The van der Waals surface area contributed by atoms with Crippen molar-refractivity contribution in [2.45, 2.75) is 0 Å². The Morgan fingerprint density at radius 1 is 1.29 bits per heavy atom. The van der Waals surface area contributed by atoms with Crippen LogP contribution in [0.5, 0.6) is 5.75 Å². The molecule has 0 aliphatic rings. The standard InChI is InChI=1S/C16H20BrNO3/c1-4-8-18(9-5-2)16(19)14-12-13(17)6-7-15(14)21-11-10-20-3/h4-7,12H,1-2,8-11H2,3H3. The lowest BCUT2D eigenvalue weighted by Gasteiger charge is -2.21. The number of rotatable bonds is 9. The van der Waals surface area contributed by atoms with Gasteiger partial charge in [0.25, 0.3) is 5.91 Å². The van der Waals surface area contributed by atoms with Gasteiger partial charge in [0, 0.05) is 24.7 Å². The number of methoxy groups -OCH3 is 1. The van der Waals surface area contributed by atoms with Crippen LogP contribution in [0.2, 0.25) is 0 Å². The fourth-order valence-corrected chi connectivity index (χ4v) is 2.11. The number of amides is 1. The average molecular weight is 354 g/mol. The summed E-state index contributed by atoms with van der Waals surface area (Å²) >= 11 is 3.38. The molecule has 0 bridgehead atoms. The Hall–Kier alpha value is -1.59. The molecule has 0 radical (unpaired) electrons. The molecular weight excluding hydrogens is 334 g/mol. The van der Waals surface area contributed by atoms with Crippen LogP contribution in [-0.2, 0) is 4.74 Å². The van der Waals surface area contributed by atoms with Gasteiger partial charge in [-0.05, 0) is 18.2 Å². The van der Waals surface area contributed by atoms with Gasteiger partial charge in [-0.3, -0.25) is 4.79 Å². The van der Waals surface area contributed by atoms with E-state index in [4.69, 9.17) is 9.47 Å². The second kappa shape index (κ2) is 9.37. The van der Waals surface area contributed by atoms with E-state index in [-0.39, 0.29) is 5.91 Å². The van der Waals surface area contributed by atoms with Crippen LogP contribution < -0.4 is 4.74 Å². The highest BCUT2D eigenvalue weighted by atomic mass is 79.9. The molecule has 21 heavy (non-hydrogen) atoms. The lowest BCUT2D eigenvalue weighted by molar-refractivity contribution is 0.0783. The maximum Gasteiger partial charge on any atom is 0.258 e. The monoisotopic (exact) mass is 353 g/mol. The molecule has 0 aliphatic heterocycles. The van der Waals surface area contributed by atoms with Crippen molar-refractivity contribution in [3.63, 3.8) is 0 Å². The van der Waals surface area contributed by atoms with Crippen LogP contribution in [0.4, 0.5) is 0 Å². The first-order valence-corrected chi connectivity index (χ1v) is 7.35. The van der Waals surface area contributed by atoms with Gasteiger partial charge in [0.2, 0.25) is 0 Å². The van der Waals surface area contributed by atoms with Crippen molar-refractivity contribution in [1.29, 1.82) is 0 Å². The van der Waals surface area contributed by atoms with Gasteiger partial charge >= 0.3 is 0 Å². The number of nitrogens with zero attached hydrogens (tertiary/aromatic N) is 1. The molecule has 1 aromatic carbocycles. The van der Waals surface area contributed by atoms with Crippen LogP contribution in [-0.4, -0.2) is 44.2 Å². The lowest BCUT2D eigenvalue weighted by atomic mass is 10.1. The van der Waals surface area contributed by atoms with Gasteiger partial charge in [-0.15, -0.1) is 13.2 Å². The van der Waals surface area contributed by atoms with Crippen LogP contribution >= 0.6 is 15.9 Å². The molecule has 0 spiro atoms. The smallest absolute Gasteiger partial charge is 0.258 e. The molecule has 0 unspecified atom stereocenters. The number of hydrogen-bond donors (Lipinski definition) is 0. The Bertz CT molecular complexity index is 492. The zero-order valence-corrected chi connectivity index (χ0v) is 13.8. The Labute approximate surface area is 134 Å². The van der Waals surface area contributed by atoms with E-state index in [2.05, 4.69) is 29.1 Å². The largest absolute Gasteiger partial charge is 0.490 e. The normalized spacial score (nSPS) is 10.0. The van der Waals surface area contributed by atoms with Gasteiger partial charge in [0.05, 0.1) is 12.2 Å². The minimum atomic E-state index is -0.122. The summed E-state index contributed by atoms with van der Waals surface area (Å²) < 4.78 is 11.4. The Morgan fingerprint density at radius 3 is 2.52 bits per heavy atom. The third kappa shape index (κ3) is 5.36. The number of carbonyl (C=O) groups is 1. The summed E-state index contributed by atoms with van der Waals surface area (Å²) in [5, 5.41) is 0. The van der Waals surface area contributed by atoms with Crippen LogP contribution in [0.1, 0.15) is 10.4 Å². The van der Waals surface area contributed by atoms with Gasteiger partial charge in [0.15, 0.2) is 0 Å². The molecule has 0 aliphatic carbocycles. The topological polar surface area (TPSA) is 38.8 Å². The first-order chi connectivity index (χ1) is 10.1. The van der Waals surface area contributed by atoms with Crippen LogP contribution in [0.3, 0.4) is 0 Å². The molecule has 5 heteroatoms. The van der Waals surface area contributed by atoms with E-state index in [0.717, 1.165) is 4.47 Å². The quantitative estimate of drug-likeness (QED) is 0.505. The third-order valence-electron chi connectivity index (χ3n) is 2.70. The van der Waals surface area contributed by atoms with Crippen molar-refractivity contribution in [2.75, 3.05) is 33.4 Å². The zero-order chi connectivity index (χ0) is 15.7. The summed E-state index contributed by atoms with van der Waals surface area (Å²) in [6.07, 6.45) is 3.37. The van der Waals surface area contributed by atoms with Gasteiger partial charge in [-0.25, -0.2) is 0 Å². The molecule has 114 valence electrons. The summed E-state index contributed by atoms with van der Waals surface area (Å²) in [7, 11) is 1.60. The summed E-state index contributed by atoms with van der Waals surface area (Å²) in [6, 6.07) is 5.36. The molecule has 0 atom stereocenters. The highest BCUT2D eigenvalue weighted by Gasteiger charge is 2.18. The number of carbonyl (C=O) groups excluding carboxylic acids is 1. The van der Waals surface area contributed by atoms with Crippen LogP contribution in [0, 0.1) is 0 Å². The SMILES string of the molecule is C=CCN(CC=C)C(=O)c1cc(Br)ccc1OCCOC. The molecule has 4 nitrogen and oxygen atoms in total. The fourth-order valence-electron chi connectivity index (χ4n) is 1.75. The molecule has 0 saturated carbocycles. The van der Waals surface area contributed by atoms with E-state index in [1.165, 1.54) is 0 Å². The molecule has 0 saturated heterocycles. The number of ether oxygens (including phenoxy) is 2. The van der Waals surface area contributed by atoms with Crippen molar-refractivity contribution in [1.82, 2.24) is 4.90 Å². The van der Waals surface area contributed by atoms with E-state index in [1.807, 2.05) is 6.07 Å². The molecule has 1 rings (SSSR count). The predicted molar refractivity (Wildman–Crippen MR) is 87.8 cm³/mol. The second-order valence-corrected chi connectivity index (χ2v) is 5.18. The van der Waals surface area contributed by atoms with Crippen molar-refractivity contribution in [3.05, 3.63) is 53.5 Å². The average Bonchev–Trinajstić information content (AvgIpc) is 2.48. The minimum absolute atomic E-state index is 0.122. The van der Waals surface area contributed by atoms with Crippen molar-refractivity contribution >= 4 is 21.8 Å². The number of benzene rings is 1. The van der Waals surface area contributed by atoms with Crippen molar-refractivity contribution < 1.29 is 14.3 Å². The summed E-state index contributed by atoms with van der Waals surface area (Å²) in [5.74, 6) is 0.418. The van der Waals surface area contributed by atoms with E-state index in [1.54, 1.807) is 36.3 Å². The molecule has 0 fully saturated rings. The highest BCUT2D eigenvalue weighted by molar-refractivity contribution is 9.10. The van der Waals surface area contributed by atoms with E-state index >= 15 is 0 Å². The van der Waals surface area contributed by atoms with Gasteiger partial charge in [0.1, 0.15) is 12.4 Å². The Kier molecular flexibility index (Phi) is 7.79. The van der Waals surface area contributed by atoms with Crippen molar-refractivity contribution in [3.8, 4) is 5.75 Å². The Morgan fingerprint density at radius 2 is 1.95 bits per heavy atom. The highest BCUT2D eigenvalue weighted by Crippen LogP contribution is 2.24. The summed E-state index contributed by atoms with van der Waals surface area (Å²) in [5.41, 5.74) is 0.504. The molecular formula is C16H20BrNO3. The second-order valence-electron chi connectivity index (χ2n) is 4.27. The Balaban J connectivity index is 3.01. The summed E-state index contributed by atoms with van der Waals surface area (Å²) in [4.78, 5) is 14.3. The summed E-state index contributed by atoms with van der Waals surface area (Å²) in [6.45, 7) is 9.11. The minimum Gasteiger partial charge on any atom is -0.490 e. The van der Waals surface area contributed by atoms with E-state index in [0.29, 0.717) is 37.6 Å². The van der Waals surface area contributed by atoms with E-state index in [9.17, 15) is 4.79 Å². The molecule has 1 amide bonds. The van der Waals surface area contributed by atoms with E-state index < -0.39 is 0 Å². The zero-order valence-electron chi connectivity index (χ0n) is 12.2. The van der Waals surface area contributed by atoms with Crippen molar-refractivity contribution in [2.24, 2.45) is 0 Å². The number of hydrogen-bond acceptors (Lipinski definition) is 3. The van der Waals surface area contributed by atoms with Crippen LogP contribution in [0.25, 0.3) is 0 Å². The first-order valence-electron chi connectivity index (χ1n) is 6.56. The molecule has 0 heterocycles. The molecule has 1 aromatic rings. The first kappa shape index (κ1) is 17.5. The van der Waals surface area contributed by atoms with Gasteiger partial charge in [-0.2, -0.15) is 0 Å². The third-order valence-corrected chi connectivity index (χ3v) is 3.20. The predicted octanol–water partition coefficient (Wildman–Crippen LogP) is 3.29. The maximum atomic E-state index is 12.6. The molecule has 0 aromatic heterocycles. The fraction of sp³-hybridized carbons (Fsp3) is 0.312. The van der Waals surface area contributed by atoms with Crippen LogP contribution in [0.15, 0.2) is 48.0 Å². The molecule has 0 N–H and O–H groups in total. The number of halogens is 1. The van der Waals surface area contributed by atoms with Gasteiger partial charge < -0.3 is 14.4 Å². The van der Waals surface area contributed by atoms with Gasteiger partial charge in [-0.1, -0.05) is 28.1 Å². The lowest BCUT2D eigenvalue weighted by Crippen LogP contribution is -2.31. The maximum absolute atomic E-state index is 12.6.